The predicted octanol–water partition coefficient (Wildman–Crippen LogP) is 3.63. The smallest absolute Gasteiger partial charge is 0.251 e. The largest absolute Gasteiger partial charge is 0.352 e. The van der Waals surface area contributed by atoms with Gasteiger partial charge in [0.15, 0.2) is 0 Å². The lowest BCUT2D eigenvalue weighted by molar-refractivity contribution is 0.0950. The van der Waals surface area contributed by atoms with E-state index in [1.54, 1.807) is 6.07 Å². The summed E-state index contributed by atoms with van der Waals surface area (Å²) >= 11 is 5.97. The summed E-state index contributed by atoms with van der Waals surface area (Å²) in [6.45, 7) is 9.26. The quantitative estimate of drug-likeness (QED) is 0.856. The number of nitrogens with zero attached hydrogens (tertiary/aromatic N) is 1. The Hall–Kier alpha value is -1.09. The van der Waals surface area contributed by atoms with Gasteiger partial charge in [-0.3, -0.25) is 4.79 Å². The number of amides is 1. The molecule has 0 radical (unpaired) electrons. The Kier molecular flexibility index (Phi) is 3.86. The molecule has 0 aromatic carbocycles. The van der Waals surface area contributed by atoms with E-state index in [4.69, 9.17) is 11.6 Å². The molecule has 104 valence electrons. The fourth-order valence-electron chi connectivity index (χ4n) is 2.19. The minimum atomic E-state index is -0.0612. The van der Waals surface area contributed by atoms with E-state index in [0.29, 0.717) is 22.0 Å². The van der Waals surface area contributed by atoms with Gasteiger partial charge in [-0.2, -0.15) is 0 Å². The summed E-state index contributed by atoms with van der Waals surface area (Å²) < 4.78 is 0. The van der Waals surface area contributed by atoms with Gasteiger partial charge in [-0.25, -0.2) is 4.98 Å². The molecule has 19 heavy (non-hydrogen) atoms. The van der Waals surface area contributed by atoms with Crippen LogP contribution in [0.5, 0.6) is 0 Å². The van der Waals surface area contributed by atoms with E-state index < -0.39 is 0 Å². The van der Waals surface area contributed by atoms with Crippen molar-refractivity contribution in [2.75, 3.05) is 6.54 Å². The zero-order valence-electron chi connectivity index (χ0n) is 12.0. The first-order chi connectivity index (χ1) is 8.79. The third-order valence-electron chi connectivity index (χ3n) is 3.89. The van der Waals surface area contributed by atoms with Crippen LogP contribution in [0, 0.1) is 11.3 Å². The first kappa shape index (κ1) is 14.3. The van der Waals surface area contributed by atoms with Crippen LogP contribution < -0.4 is 5.32 Å². The van der Waals surface area contributed by atoms with Crippen LogP contribution >= 0.6 is 11.6 Å². The van der Waals surface area contributed by atoms with Crippen LogP contribution in [0.4, 0.5) is 0 Å². The molecule has 4 heteroatoms. The standard InChI is InChI=1S/C15H21ClN2O/c1-9(2)12-5-10(6-13(16)18-12)14(19)17-8-11-7-15(11,3)4/h5-6,9,11H,7-8H2,1-4H3,(H,17,19). The lowest BCUT2D eigenvalue weighted by Crippen LogP contribution is -2.26. The minimum absolute atomic E-state index is 0.0612. The van der Waals surface area contributed by atoms with Gasteiger partial charge in [0.25, 0.3) is 5.91 Å². The average Bonchev–Trinajstić information content (AvgIpc) is 2.93. The van der Waals surface area contributed by atoms with Gasteiger partial charge in [0, 0.05) is 17.8 Å². The second kappa shape index (κ2) is 5.12. The summed E-state index contributed by atoms with van der Waals surface area (Å²) in [4.78, 5) is 16.3. The van der Waals surface area contributed by atoms with Crippen LogP contribution in [0.25, 0.3) is 0 Å². The summed E-state index contributed by atoms with van der Waals surface area (Å²) in [5.74, 6) is 0.792. The van der Waals surface area contributed by atoms with E-state index in [9.17, 15) is 4.79 Å². The number of nitrogens with one attached hydrogen (secondary N) is 1. The van der Waals surface area contributed by atoms with Gasteiger partial charge in [-0.1, -0.05) is 39.3 Å². The number of aromatic nitrogens is 1. The number of hydrogen-bond acceptors (Lipinski definition) is 2. The fraction of sp³-hybridized carbons (Fsp3) is 0.600. The molecule has 1 N–H and O–H groups in total. The summed E-state index contributed by atoms with van der Waals surface area (Å²) in [6, 6.07) is 3.45. The maximum atomic E-state index is 12.1. The van der Waals surface area contributed by atoms with Crippen molar-refractivity contribution in [3.63, 3.8) is 0 Å². The van der Waals surface area contributed by atoms with E-state index in [1.807, 2.05) is 19.9 Å². The number of carbonyl (C=O) groups is 1. The average molecular weight is 281 g/mol. The second-order valence-corrected chi connectivity index (χ2v) is 6.75. The monoisotopic (exact) mass is 280 g/mol. The molecule has 1 aromatic heterocycles. The normalized spacial score (nSPS) is 20.4. The summed E-state index contributed by atoms with van der Waals surface area (Å²) in [5.41, 5.74) is 1.83. The van der Waals surface area contributed by atoms with Crippen molar-refractivity contribution in [2.24, 2.45) is 11.3 Å². The maximum Gasteiger partial charge on any atom is 0.251 e. The Bertz CT molecular complexity index is 497. The van der Waals surface area contributed by atoms with Crippen LogP contribution in [0.2, 0.25) is 5.15 Å². The first-order valence-corrected chi connectivity index (χ1v) is 7.13. The number of pyridine rings is 1. The Labute approximate surface area is 119 Å². The highest BCUT2D eigenvalue weighted by Gasteiger charge is 2.45. The van der Waals surface area contributed by atoms with E-state index in [1.165, 1.54) is 6.42 Å². The Morgan fingerprint density at radius 2 is 2.16 bits per heavy atom. The fourth-order valence-corrected chi connectivity index (χ4v) is 2.40. The van der Waals surface area contributed by atoms with Crippen LogP contribution in [-0.2, 0) is 0 Å². The minimum Gasteiger partial charge on any atom is -0.352 e. The highest BCUT2D eigenvalue weighted by atomic mass is 35.5. The Morgan fingerprint density at radius 1 is 1.53 bits per heavy atom. The van der Waals surface area contributed by atoms with Crippen molar-refractivity contribution in [1.82, 2.24) is 10.3 Å². The molecular formula is C15H21ClN2O. The topological polar surface area (TPSA) is 42.0 Å². The summed E-state index contributed by atoms with van der Waals surface area (Å²) in [6.07, 6.45) is 1.18. The number of carbonyl (C=O) groups excluding carboxylic acids is 1. The van der Waals surface area contributed by atoms with Crippen molar-refractivity contribution in [2.45, 2.75) is 40.0 Å². The lowest BCUT2D eigenvalue weighted by Gasteiger charge is -2.10. The lowest BCUT2D eigenvalue weighted by atomic mass is 10.1. The third kappa shape index (κ3) is 3.47. The van der Waals surface area contributed by atoms with Gasteiger partial charge in [0.2, 0.25) is 0 Å². The van der Waals surface area contributed by atoms with Crippen LogP contribution in [0.15, 0.2) is 12.1 Å². The molecule has 3 nitrogen and oxygen atoms in total. The highest BCUT2D eigenvalue weighted by Crippen LogP contribution is 2.50. The van der Waals surface area contributed by atoms with Crippen LogP contribution in [0.3, 0.4) is 0 Å². The van der Waals surface area contributed by atoms with Crippen molar-refractivity contribution in [3.05, 3.63) is 28.5 Å². The molecule has 1 aliphatic carbocycles. The number of halogens is 1. The van der Waals surface area contributed by atoms with Crippen molar-refractivity contribution in [1.29, 1.82) is 0 Å². The maximum absolute atomic E-state index is 12.1. The molecule has 0 saturated heterocycles. The third-order valence-corrected chi connectivity index (χ3v) is 4.09. The van der Waals surface area contributed by atoms with Gasteiger partial charge in [0.1, 0.15) is 5.15 Å². The molecule has 1 amide bonds. The second-order valence-electron chi connectivity index (χ2n) is 6.36. The molecule has 0 spiro atoms. The van der Waals surface area contributed by atoms with Crippen LogP contribution in [0.1, 0.15) is 56.1 Å². The molecule has 0 aliphatic heterocycles. The molecule has 1 atom stereocenters. The van der Waals surface area contributed by atoms with Gasteiger partial charge in [-0.15, -0.1) is 0 Å². The summed E-state index contributed by atoms with van der Waals surface area (Å²) in [5, 5.41) is 3.36. The molecule has 1 aromatic rings. The molecule has 1 aliphatic rings. The van der Waals surface area contributed by atoms with E-state index in [0.717, 1.165) is 12.2 Å². The van der Waals surface area contributed by atoms with Gasteiger partial charge in [-0.05, 0) is 35.8 Å². The molecule has 0 bridgehead atoms. The van der Waals surface area contributed by atoms with E-state index >= 15 is 0 Å². The van der Waals surface area contributed by atoms with Gasteiger partial charge >= 0.3 is 0 Å². The molecule has 1 fully saturated rings. The molecule has 1 heterocycles. The number of hydrogen-bond donors (Lipinski definition) is 1. The van der Waals surface area contributed by atoms with E-state index in [2.05, 4.69) is 24.1 Å². The Morgan fingerprint density at radius 3 is 2.68 bits per heavy atom. The van der Waals surface area contributed by atoms with Crippen molar-refractivity contribution >= 4 is 17.5 Å². The summed E-state index contributed by atoms with van der Waals surface area (Å²) in [7, 11) is 0. The number of rotatable bonds is 4. The zero-order chi connectivity index (χ0) is 14.2. The van der Waals surface area contributed by atoms with Crippen molar-refractivity contribution in [3.8, 4) is 0 Å². The predicted molar refractivity (Wildman–Crippen MR) is 77.6 cm³/mol. The van der Waals surface area contributed by atoms with Crippen LogP contribution in [-0.4, -0.2) is 17.4 Å². The molecule has 2 rings (SSSR count). The Balaban J connectivity index is 2.02. The molecular weight excluding hydrogens is 260 g/mol. The molecule has 1 unspecified atom stereocenters. The zero-order valence-corrected chi connectivity index (χ0v) is 12.7. The van der Waals surface area contributed by atoms with Gasteiger partial charge < -0.3 is 5.32 Å². The SMILES string of the molecule is CC(C)c1cc(C(=O)NCC2CC2(C)C)cc(Cl)n1. The molecule has 1 saturated carbocycles. The first-order valence-electron chi connectivity index (χ1n) is 6.75. The van der Waals surface area contributed by atoms with E-state index in [-0.39, 0.29) is 11.8 Å². The van der Waals surface area contributed by atoms with Crippen molar-refractivity contribution < 1.29 is 4.79 Å². The van der Waals surface area contributed by atoms with Gasteiger partial charge in [0.05, 0.1) is 0 Å². The highest BCUT2D eigenvalue weighted by molar-refractivity contribution is 6.29.